The summed E-state index contributed by atoms with van der Waals surface area (Å²) in [6, 6.07) is 0. The Balaban J connectivity index is 2.81. The van der Waals surface area contributed by atoms with Crippen LogP contribution in [-0.2, 0) is 0 Å². The van der Waals surface area contributed by atoms with Gasteiger partial charge in [-0.15, -0.1) is 6.58 Å². The molecule has 0 amide bonds. The van der Waals surface area contributed by atoms with E-state index in [9.17, 15) is 0 Å². The van der Waals surface area contributed by atoms with Crippen molar-refractivity contribution in [3.63, 3.8) is 0 Å². The molecule has 0 unspecified atom stereocenters. The van der Waals surface area contributed by atoms with Crippen LogP contribution in [0.3, 0.4) is 0 Å². The lowest BCUT2D eigenvalue weighted by molar-refractivity contribution is -0.0661. The predicted molar refractivity (Wildman–Crippen MR) is 25.4 cm³/mol. The molecule has 0 aromatic rings. The van der Waals surface area contributed by atoms with E-state index in [1.165, 1.54) is 6.08 Å². The van der Waals surface area contributed by atoms with E-state index < -0.39 is 6.41 Å². The van der Waals surface area contributed by atoms with E-state index >= 15 is 0 Å². The minimum atomic E-state index is -1.54. The molecule has 0 heterocycles. The molecule has 0 saturated carbocycles. The van der Waals surface area contributed by atoms with Crippen molar-refractivity contribution in [3.8, 4) is 0 Å². The summed E-state index contributed by atoms with van der Waals surface area (Å²) in [5, 5.41) is 19.3. The van der Waals surface area contributed by atoms with Gasteiger partial charge in [-0.2, -0.15) is 5.32 Å². The lowest BCUT2D eigenvalue weighted by Crippen LogP contribution is -2.20. The third kappa shape index (κ3) is 5.62. The van der Waals surface area contributed by atoms with Gasteiger partial charge in [0.25, 0.3) is 0 Å². The predicted octanol–water partition coefficient (Wildman–Crippen LogP) is -0.955. The third-order valence-corrected chi connectivity index (χ3v) is 0.398. The number of rotatable bonds is 3. The minimum absolute atomic E-state index is 0.289. The second kappa shape index (κ2) is 3.80. The van der Waals surface area contributed by atoms with Gasteiger partial charge in [0.1, 0.15) is 0 Å². The number of hydrogen-bond donors (Lipinski definition) is 2. The minimum Gasteiger partial charge on any atom is -0.355 e. The SMILES string of the molecule is C=CC[N]C(O)O. The molecule has 0 aromatic carbocycles. The molecule has 0 aliphatic rings. The summed E-state index contributed by atoms with van der Waals surface area (Å²) in [6.45, 7) is 3.61. The summed E-state index contributed by atoms with van der Waals surface area (Å²) in [5.41, 5.74) is 0. The lowest BCUT2D eigenvalue weighted by atomic mass is 10.6. The molecular formula is C4H8NO2. The number of aliphatic hydroxyl groups excluding tert-OH is 1. The van der Waals surface area contributed by atoms with Crippen LogP contribution in [0.2, 0.25) is 0 Å². The summed E-state index contributed by atoms with van der Waals surface area (Å²) in [6.07, 6.45) is -0.0580. The van der Waals surface area contributed by atoms with Crippen molar-refractivity contribution in [2.75, 3.05) is 6.54 Å². The molecule has 0 aliphatic heterocycles. The molecule has 1 radical (unpaired) electrons. The standard InChI is InChI=1S/C4H8NO2/c1-2-3-5-4(6)7/h2,4,6-7H,1,3H2. The average molecular weight is 102 g/mol. The fraction of sp³-hybridized carbons (Fsp3) is 0.500. The van der Waals surface area contributed by atoms with Crippen molar-refractivity contribution in [1.29, 1.82) is 0 Å². The van der Waals surface area contributed by atoms with E-state index in [0.29, 0.717) is 0 Å². The fourth-order valence-corrected chi connectivity index (χ4v) is 0.169. The molecule has 41 valence electrons. The number of nitrogens with zero attached hydrogens (tertiary/aromatic N) is 1. The van der Waals surface area contributed by atoms with Gasteiger partial charge >= 0.3 is 0 Å². The molecule has 0 rings (SSSR count). The van der Waals surface area contributed by atoms with E-state index in [4.69, 9.17) is 10.2 Å². The van der Waals surface area contributed by atoms with Crippen LogP contribution in [0, 0.1) is 0 Å². The molecule has 3 heteroatoms. The average Bonchev–Trinajstić information content (AvgIpc) is 1.61. The monoisotopic (exact) mass is 102 g/mol. The first-order chi connectivity index (χ1) is 3.27. The molecule has 0 aromatic heterocycles. The molecule has 0 atom stereocenters. The first-order valence-corrected chi connectivity index (χ1v) is 1.91. The molecular weight excluding hydrogens is 94.0 g/mol. The van der Waals surface area contributed by atoms with Crippen LogP contribution in [0.4, 0.5) is 0 Å². The van der Waals surface area contributed by atoms with Crippen LogP contribution < -0.4 is 5.32 Å². The van der Waals surface area contributed by atoms with Crippen LogP contribution in [-0.4, -0.2) is 23.2 Å². The molecule has 3 nitrogen and oxygen atoms in total. The highest BCUT2D eigenvalue weighted by atomic mass is 16.5. The van der Waals surface area contributed by atoms with Crippen molar-refractivity contribution < 1.29 is 10.2 Å². The van der Waals surface area contributed by atoms with Gasteiger partial charge in [-0.05, 0) is 0 Å². The summed E-state index contributed by atoms with van der Waals surface area (Å²) < 4.78 is 0. The Labute approximate surface area is 42.3 Å². The highest BCUT2D eigenvalue weighted by Crippen LogP contribution is 1.67. The van der Waals surface area contributed by atoms with Crippen molar-refractivity contribution >= 4 is 0 Å². The Kier molecular flexibility index (Phi) is 3.59. The Morgan fingerprint density at radius 2 is 2.29 bits per heavy atom. The molecule has 0 aliphatic carbocycles. The Morgan fingerprint density at radius 3 is 2.43 bits per heavy atom. The molecule has 2 N–H and O–H groups in total. The van der Waals surface area contributed by atoms with Crippen molar-refractivity contribution in [3.05, 3.63) is 12.7 Å². The van der Waals surface area contributed by atoms with Crippen molar-refractivity contribution in [1.82, 2.24) is 5.32 Å². The van der Waals surface area contributed by atoms with E-state index in [1.54, 1.807) is 0 Å². The maximum atomic E-state index is 8.02. The summed E-state index contributed by atoms with van der Waals surface area (Å²) in [7, 11) is 0. The van der Waals surface area contributed by atoms with Gasteiger partial charge in [-0.25, -0.2) is 0 Å². The second-order valence-corrected chi connectivity index (χ2v) is 1.00. The molecule has 0 bridgehead atoms. The quantitative estimate of drug-likeness (QED) is 0.356. The highest BCUT2D eigenvalue weighted by molar-refractivity contribution is 4.67. The van der Waals surface area contributed by atoms with Gasteiger partial charge in [0, 0.05) is 6.54 Å². The first-order valence-electron chi connectivity index (χ1n) is 1.91. The van der Waals surface area contributed by atoms with Crippen LogP contribution >= 0.6 is 0 Å². The molecule has 0 spiro atoms. The number of aliphatic hydroxyl groups is 2. The van der Waals surface area contributed by atoms with Gasteiger partial charge < -0.3 is 10.2 Å². The van der Waals surface area contributed by atoms with Gasteiger partial charge in [0.05, 0.1) is 0 Å². The van der Waals surface area contributed by atoms with Crippen LogP contribution in [0.15, 0.2) is 12.7 Å². The third-order valence-electron chi connectivity index (χ3n) is 0.398. The maximum Gasteiger partial charge on any atom is 0.227 e. The van der Waals surface area contributed by atoms with Crippen LogP contribution in [0.5, 0.6) is 0 Å². The first kappa shape index (κ1) is 6.62. The summed E-state index contributed by atoms with van der Waals surface area (Å²) in [5.74, 6) is 0. The molecule has 7 heavy (non-hydrogen) atoms. The van der Waals surface area contributed by atoms with Crippen molar-refractivity contribution in [2.24, 2.45) is 0 Å². The smallest absolute Gasteiger partial charge is 0.227 e. The second-order valence-electron chi connectivity index (χ2n) is 1.00. The van der Waals surface area contributed by atoms with E-state index in [1.807, 2.05) is 0 Å². The zero-order chi connectivity index (χ0) is 5.70. The van der Waals surface area contributed by atoms with E-state index in [-0.39, 0.29) is 6.54 Å². The zero-order valence-corrected chi connectivity index (χ0v) is 3.91. The fourth-order valence-electron chi connectivity index (χ4n) is 0.169. The highest BCUT2D eigenvalue weighted by Gasteiger charge is 1.90. The van der Waals surface area contributed by atoms with Crippen LogP contribution in [0.25, 0.3) is 0 Å². The molecule has 0 fully saturated rings. The van der Waals surface area contributed by atoms with Gasteiger partial charge in [-0.1, -0.05) is 6.08 Å². The van der Waals surface area contributed by atoms with Crippen LogP contribution in [0.1, 0.15) is 0 Å². The normalized spacial score (nSPS) is 9.57. The zero-order valence-electron chi connectivity index (χ0n) is 3.91. The maximum absolute atomic E-state index is 8.02. The summed E-state index contributed by atoms with van der Waals surface area (Å²) in [4.78, 5) is 0. The number of hydrogen-bond acceptors (Lipinski definition) is 2. The Morgan fingerprint density at radius 1 is 1.71 bits per heavy atom. The summed E-state index contributed by atoms with van der Waals surface area (Å²) >= 11 is 0. The topological polar surface area (TPSA) is 54.6 Å². The van der Waals surface area contributed by atoms with E-state index in [0.717, 1.165) is 0 Å². The van der Waals surface area contributed by atoms with Crippen molar-refractivity contribution in [2.45, 2.75) is 6.41 Å². The van der Waals surface area contributed by atoms with Gasteiger partial charge in [0.2, 0.25) is 6.41 Å². The van der Waals surface area contributed by atoms with E-state index in [2.05, 4.69) is 11.9 Å². The Bertz CT molecular complexity index is 53.7. The molecule has 0 saturated heterocycles. The largest absolute Gasteiger partial charge is 0.355 e. The van der Waals surface area contributed by atoms with Gasteiger partial charge in [0.15, 0.2) is 0 Å². The lowest BCUT2D eigenvalue weighted by Gasteiger charge is -1.96. The van der Waals surface area contributed by atoms with Gasteiger partial charge in [-0.3, -0.25) is 0 Å². The Hall–Kier alpha value is -0.380.